The highest BCUT2D eigenvalue weighted by molar-refractivity contribution is 5.67. The molecule has 9 heteroatoms. The maximum absolute atomic E-state index is 12.5. The van der Waals surface area contributed by atoms with Crippen LogP contribution in [0.1, 0.15) is 12.0 Å². The molecule has 1 fully saturated rings. The van der Waals surface area contributed by atoms with Crippen molar-refractivity contribution in [2.24, 2.45) is 0 Å². The maximum atomic E-state index is 12.5. The third-order valence-electron chi connectivity index (χ3n) is 4.52. The van der Waals surface area contributed by atoms with Crippen LogP contribution in [0.3, 0.4) is 0 Å². The molecule has 0 aliphatic carbocycles. The van der Waals surface area contributed by atoms with E-state index in [4.69, 9.17) is 9.47 Å². The number of nitrogens with zero attached hydrogens (tertiary/aromatic N) is 1. The Morgan fingerprint density at radius 3 is 2.50 bits per heavy atom. The Balaban J connectivity index is 1.45. The van der Waals surface area contributed by atoms with Crippen molar-refractivity contribution in [2.75, 3.05) is 26.2 Å². The molecule has 1 atom stereocenters. The number of carbonyl (C=O) groups is 1. The van der Waals surface area contributed by atoms with Gasteiger partial charge in [-0.25, -0.2) is 4.79 Å². The molecule has 0 saturated carbocycles. The van der Waals surface area contributed by atoms with Crippen molar-refractivity contribution in [2.45, 2.75) is 25.4 Å². The maximum Gasteiger partial charge on any atom is 0.573 e. The Kier molecular flexibility index (Phi) is 7.40. The Labute approximate surface area is 172 Å². The van der Waals surface area contributed by atoms with E-state index in [1.807, 2.05) is 30.3 Å². The van der Waals surface area contributed by atoms with Gasteiger partial charge in [0.25, 0.3) is 0 Å². The number of rotatable bonds is 7. The largest absolute Gasteiger partial charge is 0.573 e. The average Bonchev–Trinajstić information content (AvgIpc) is 2.73. The highest BCUT2D eigenvalue weighted by Gasteiger charge is 2.32. The van der Waals surface area contributed by atoms with E-state index in [9.17, 15) is 18.0 Å². The van der Waals surface area contributed by atoms with E-state index in [-0.39, 0.29) is 30.8 Å². The Hall–Kier alpha value is -2.94. The monoisotopic (exact) mass is 424 g/mol. The van der Waals surface area contributed by atoms with Crippen LogP contribution < -0.4 is 14.8 Å². The molecule has 0 bridgehead atoms. The van der Waals surface area contributed by atoms with Crippen molar-refractivity contribution in [3.05, 3.63) is 60.2 Å². The third-order valence-corrected chi connectivity index (χ3v) is 4.52. The van der Waals surface area contributed by atoms with Crippen molar-refractivity contribution in [3.8, 4) is 11.5 Å². The van der Waals surface area contributed by atoms with Crippen molar-refractivity contribution >= 4 is 6.09 Å². The summed E-state index contributed by atoms with van der Waals surface area (Å²) in [5, 5.41) is 3.28. The highest BCUT2D eigenvalue weighted by atomic mass is 19.4. The molecule has 6 nitrogen and oxygen atoms in total. The number of halogens is 3. The fourth-order valence-electron chi connectivity index (χ4n) is 3.08. The summed E-state index contributed by atoms with van der Waals surface area (Å²) < 4.78 is 52.3. The van der Waals surface area contributed by atoms with Crippen LogP contribution >= 0.6 is 0 Å². The van der Waals surface area contributed by atoms with Crippen molar-refractivity contribution in [1.29, 1.82) is 0 Å². The molecule has 2 aromatic carbocycles. The van der Waals surface area contributed by atoms with Crippen LogP contribution in [0, 0.1) is 0 Å². The number of ether oxygens (including phenoxy) is 3. The van der Waals surface area contributed by atoms with E-state index in [2.05, 4.69) is 10.1 Å². The third kappa shape index (κ3) is 6.84. The summed E-state index contributed by atoms with van der Waals surface area (Å²) in [6, 6.07) is 15.0. The first kappa shape index (κ1) is 21.8. The Bertz CT molecular complexity index is 817. The average molecular weight is 424 g/mol. The lowest BCUT2D eigenvalue weighted by Gasteiger charge is -2.33. The molecule has 1 aliphatic heterocycles. The second-order valence-corrected chi connectivity index (χ2v) is 6.77. The number of carbonyl (C=O) groups excluding carboxylic acids is 1. The molecule has 0 radical (unpaired) electrons. The SMILES string of the molecule is O=C(OCc1ccccc1)N1CCN[C@H](CCOc2ccccc2OC(F)(F)F)C1. The molecule has 1 heterocycles. The Morgan fingerprint density at radius 1 is 1.07 bits per heavy atom. The van der Waals surface area contributed by atoms with E-state index in [0.717, 1.165) is 5.56 Å². The number of piperazine rings is 1. The van der Waals surface area contributed by atoms with Crippen LogP contribution in [0.2, 0.25) is 0 Å². The van der Waals surface area contributed by atoms with Gasteiger partial charge < -0.3 is 24.4 Å². The zero-order chi connectivity index (χ0) is 21.4. The molecular formula is C21H23F3N2O4. The molecule has 1 saturated heterocycles. The molecule has 1 N–H and O–H groups in total. The zero-order valence-corrected chi connectivity index (χ0v) is 16.2. The summed E-state index contributed by atoms with van der Waals surface area (Å²) in [4.78, 5) is 13.9. The first-order valence-corrected chi connectivity index (χ1v) is 9.57. The van der Waals surface area contributed by atoms with Gasteiger partial charge in [-0.05, 0) is 24.1 Å². The van der Waals surface area contributed by atoms with Gasteiger partial charge in [0, 0.05) is 25.7 Å². The minimum atomic E-state index is -4.79. The van der Waals surface area contributed by atoms with Crippen LogP contribution in [0.5, 0.6) is 11.5 Å². The molecule has 30 heavy (non-hydrogen) atoms. The van der Waals surface area contributed by atoms with E-state index < -0.39 is 12.5 Å². The molecule has 2 aromatic rings. The molecule has 1 amide bonds. The van der Waals surface area contributed by atoms with Gasteiger partial charge in [0.05, 0.1) is 6.61 Å². The number of amides is 1. The normalized spacial score (nSPS) is 16.8. The van der Waals surface area contributed by atoms with Gasteiger partial charge in [-0.3, -0.25) is 0 Å². The van der Waals surface area contributed by atoms with Gasteiger partial charge in [-0.1, -0.05) is 42.5 Å². The second kappa shape index (κ2) is 10.2. The van der Waals surface area contributed by atoms with Crippen LogP contribution in [0.4, 0.5) is 18.0 Å². The zero-order valence-electron chi connectivity index (χ0n) is 16.2. The molecular weight excluding hydrogens is 401 g/mol. The van der Waals surface area contributed by atoms with Crippen molar-refractivity contribution in [3.63, 3.8) is 0 Å². The number of hydrogen-bond acceptors (Lipinski definition) is 5. The summed E-state index contributed by atoms with van der Waals surface area (Å²) in [6.45, 7) is 1.92. The van der Waals surface area contributed by atoms with Crippen LogP contribution in [0.15, 0.2) is 54.6 Å². The van der Waals surface area contributed by atoms with Crippen LogP contribution in [0.25, 0.3) is 0 Å². The summed E-state index contributed by atoms with van der Waals surface area (Å²) in [6.07, 6.45) is -4.68. The predicted octanol–water partition coefficient (Wildman–Crippen LogP) is 3.96. The van der Waals surface area contributed by atoms with Gasteiger partial charge in [-0.2, -0.15) is 0 Å². The first-order valence-electron chi connectivity index (χ1n) is 9.57. The summed E-state index contributed by atoms with van der Waals surface area (Å²) in [5.41, 5.74) is 0.908. The number of para-hydroxylation sites is 2. The topological polar surface area (TPSA) is 60.0 Å². The van der Waals surface area contributed by atoms with Crippen LogP contribution in [-0.2, 0) is 11.3 Å². The summed E-state index contributed by atoms with van der Waals surface area (Å²) in [5.74, 6) is -0.363. The van der Waals surface area contributed by atoms with Gasteiger partial charge in [0.1, 0.15) is 6.61 Å². The standard InChI is InChI=1S/C21H23F3N2O4/c22-21(23,24)30-19-9-5-4-8-18(19)28-13-10-17-14-26(12-11-25-17)20(27)29-15-16-6-2-1-3-7-16/h1-9,17,25H,10-15H2/t17-/m1/s1. The number of benzene rings is 2. The summed E-state index contributed by atoms with van der Waals surface area (Å²) >= 11 is 0. The molecule has 0 aromatic heterocycles. The van der Waals surface area contributed by atoms with E-state index in [1.165, 1.54) is 18.2 Å². The van der Waals surface area contributed by atoms with Gasteiger partial charge >= 0.3 is 12.5 Å². The fourth-order valence-corrected chi connectivity index (χ4v) is 3.08. The number of alkyl halides is 3. The van der Waals surface area contributed by atoms with Crippen LogP contribution in [-0.4, -0.2) is 49.6 Å². The lowest BCUT2D eigenvalue weighted by Crippen LogP contribution is -2.53. The molecule has 3 rings (SSSR count). The predicted molar refractivity (Wildman–Crippen MR) is 103 cm³/mol. The van der Waals surface area contributed by atoms with Crippen molar-refractivity contribution < 1.29 is 32.2 Å². The first-order chi connectivity index (χ1) is 14.4. The number of hydrogen-bond donors (Lipinski definition) is 1. The highest BCUT2D eigenvalue weighted by Crippen LogP contribution is 2.31. The molecule has 162 valence electrons. The Morgan fingerprint density at radius 2 is 1.77 bits per heavy atom. The minimum Gasteiger partial charge on any atom is -0.490 e. The lowest BCUT2D eigenvalue weighted by atomic mass is 10.1. The minimum absolute atomic E-state index is 0.0183. The van der Waals surface area contributed by atoms with Gasteiger partial charge in [0.15, 0.2) is 11.5 Å². The molecule has 0 unspecified atom stereocenters. The smallest absolute Gasteiger partial charge is 0.490 e. The van der Waals surface area contributed by atoms with Crippen molar-refractivity contribution in [1.82, 2.24) is 10.2 Å². The molecule has 0 spiro atoms. The van der Waals surface area contributed by atoms with E-state index in [0.29, 0.717) is 26.1 Å². The lowest BCUT2D eigenvalue weighted by molar-refractivity contribution is -0.275. The number of nitrogens with one attached hydrogen (secondary N) is 1. The second-order valence-electron chi connectivity index (χ2n) is 6.77. The van der Waals surface area contributed by atoms with E-state index in [1.54, 1.807) is 11.0 Å². The summed E-state index contributed by atoms with van der Waals surface area (Å²) in [7, 11) is 0. The fraction of sp³-hybridized carbons (Fsp3) is 0.381. The van der Waals surface area contributed by atoms with E-state index >= 15 is 0 Å². The van der Waals surface area contributed by atoms with Gasteiger partial charge in [-0.15, -0.1) is 13.2 Å². The quantitative estimate of drug-likeness (QED) is 0.729. The van der Waals surface area contributed by atoms with Gasteiger partial charge in [0.2, 0.25) is 0 Å². The molecule has 1 aliphatic rings.